The molecule has 1 aliphatic carbocycles. The molecule has 1 saturated carbocycles. The molecule has 0 aliphatic heterocycles. The molecule has 1 heteroatoms. The Kier molecular flexibility index (Phi) is 3.20. The molecule has 2 rings (SSSR count). The maximum absolute atomic E-state index is 10.0. The lowest BCUT2D eigenvalue weighted by Crippen LogP contribution is -2.16. The van der Waals surface area contributed by atoms with Crippen molar-refractivity contribution < 1.29 is 5.11 Å². The molecule has 1 fully saturated rings. The number of aliphatic hydroxyl groups excluding tert-OH is 1. The lowest BCUT2D eigenvalue weighted by molar-refractivity contribution is 0.135. The van der Waals surface area contributed by atoms with Gasteiger partial charge in [0.2, 0.25) is 0 Å². The molecule has 0 unspecified atom stereocenters. The second kappa shape index (κ2) is 4.61. The van der Waals surface area contributed by atoms with Gasteiger partial charge in [-0.2, -0.15) is 0 Å². The van der Waals surface area contributed by atoms with Crippen molar-refractivity contribution in [1.29, 1.82) is 0 Å². The van der Waals surface area contributed by atoms with Gasteiger partial charge in [-0.05, 0) is 18.4 Å². The zero-order chi connectivity index (χ0) is 9.80. The molecule has 1 nitrogen and oxygen atoms in total. The van der Waals surface area contributed by atoms with Crippen molar-refractivity contribution in [2.24, 2.45) is 0 Å². The highest BCUT2D eigenvalue weighted by Gasteiger charge is 2.22. The van der Waals surface area contributed by atoms with Gasteiger partial charge in [0.25, 0.3) is 0 Å². The summed E-state index contributed by atoms with van der Waals surface area (Å²) in [4.78, 5) is 0. The van der Waals surface area contributed by atoms with Gasteiger partial charge in [0.1, 0.15) is 0 Å². The van der Waals surface area contributed by atoms with Crippen LogP contribution in [-0.2, 0) is 0 Å². The van der Waals surface area contributed by atoms with E-state index in [2.05, 4.69) is 24.3 Å². The van der Waals surface area contributed by atoms with Crippen molar-refractivity contribution in [3.63, 3.8) is 0 Å². The first-order chi connectivity index (χ1) is 6.88. The maximum Gasteiger partial charge on any atom is 0.0608 e. The minimum atomic E-state index is -0.125. The number of rotatable bonds is 1. The topological polar surface area (TPSA) is 20.2 Å². The monoisotopic (exact) mass is 190 g/mol. The minimum Gasteiger partial charge on any atom is -0.392 e. The Bertz CT molecular complexity index is 268. The van der Waals surface area contributed by atoms with Crippen LogP contribution in [0.15, 0.2) is 30.3 Å². The van der Waals surface area contributed by atoms with Crippen LogP contribution in [0.5, 0.6) is 0 Å². The molecule has 1 aliphatic rings. The van der Waals surface area contributed by atoms with Gasteiger partial charge in [-0.3, -0.25) is 0 Å². The Morgan fingerprint density at radius 2 is 1.64 bits per heavy atom. The van der Waals surface area contributed by atoms with E-state index in [0.717, 1.165) is 12.8 Å². The lowest BCUT2D eigenvalue weighted by Gasteiger charge is -2.20. The Hall–Kier alpha value is -0.820. The maximum atomic E-state index is 10.0. The fourth-order valence-corrected chi connectivity index (χ4v) is 2.38. The fourth-order valence-electron chi connectivity index (χ4n) is 2.38. The van der Waals surface area contributed by atoms with Crippen LogP contribution >= 0.6 is 0 Å². The van der Waals surface area contributed by atoms with Gasteiger partial charge in [0.15, 0.2) is 0 Å². The smallest absolute Gasteiger partial charge is 0.0608 e. The van der Waals surface area contributed by atoms with Crippen molar-refractivity contribution in [3.8, 4) is 0 Å². The Labute approximate surface area is 85.8 Å². The standard InChI is InChI=1S/C13H18O/c14-13-10-6-2-5-9-12(13)11-7-3-1-4-8-11/h1,3-4,7-8,12-14H,2,5-6,9-10H2/t12-,13+/m0/s1. The molecule has 1 aromatic carbocycles. The molecule has 0 aromatic heterocycles. The van der Waals surface area contributed by atoms with E-state index in [1.807, 2.05) is 6.07 Å². The van der Waals surface area contributed by atoms with E-state index in [-0.39, 0.29) is 6.10 Å². The SMILES string of the molecule is O[C@@H]1CCCCC[C@H]1c1ccccc1. The predicted octanol–water partition coefficient (Wildman–Crippen LogP) is 3.10. The van der Waals surface area contributed by atoms with E-state index in [4.69, 9.17) is 0 Å². The summed E-state index contributed by atoms with van der Waals surface area (Å²) in [5, 5.41) is 10.0. The first kappa shape index (κ1) is 9.72. The predicted molar refractivity (Wildman–Crippen MR) is 58.3 cm³/mol. The van der Waals surface area contributed by atoms with Gasteiger partial charge < -0.3 is 5.11 Å². The molecule has 1 aromatic rings. The molecule has 0 spiro atoms. The first-order valence-corrected chi connectivity index (χ1v) is 5.61. The molecular weight excluding hydrogens is 172 g/mol. The number of hydrogen-bond acceptors (Lipinski definition) is 1. The molecule has 0 amide bonds. The van der Waals surface area contributed by atoms with Crippen molar-refractivity contribution in [2.45, 2.75) is 44.1 Å². The van der Waals surface area contributed by atoms with Gasteiger partial charge in [0, 0.05) is 5.92 Å². The van der Waals surface area contributed by atoms with Crippen LogP contribution in [0.2, 0.25) is 0 Å². The average Bonchev–Trinajstić information content (AvgIpc) is 2.44. The zero-order valence-corrected chi connectivity index (χ0v) is 8.52. The van der Waals surface area contributed by atoms with Crippen LogP contribution in [0.4, 0.5) is 0 Å². The molecule has 2 atom stereocenters. The van der Waals surface area contributed by atoms with Gasteiger partial charge >= 0.3 is 0 Å². The molecule has 0 heterocycles. The highest BCUT2D eigenvalue weighted by Crippen LogP contribution is 2.31. The lowest BCUT2D eigenvalue weighted by atomic mass is 9.90. The molecule has 76 valence electrons. The molecular formula is C13H18O. The summed E-state index contributed by atoms with van der Waals surface area (Å²) in [5.41, 5.74) is 1.31. The van der Waals surface area contributed by atoms with Crippen LogP contribution in [0, 0.1) is 0 Å². The van der Waals surface area contributed by atoms with Gasteiger partial charge in [-0.15, -0.1) is 0 Å². The highest BCUT2D eigenvalue weighted by molar-refractivity contribution is 5.20. The molecule has 0 saturated heterocycles. The summed E-state index contributed by atoms with van der Waals surface area (Å²) in [5.74, 6) is 0.374. The van der Waals surface area contributed by atoms with Gasteiger partial charge in [0.05, 0.1) is 6.10 Å². The molecule has 0 bridgehead atoms. The number of hydrogen-bond donors (Lipinski definition) is 1. The Balaban J connectivity index is 2.15. The third-order valence-corrected chi connectivity index (χ3v) is 3.21. The largest absolute Gasteiger partial charge is 0.392 e. The van der Waals surface area contributed by atoms with Crippen LogP contribution in [0.1, 0.15) is 43.6 Å². The highest BCUT2D eigenvalue weighted by atomic mass is 16.3. The molecule has 1 N–H and O–H groups in total. The van der Waals surface area contributed by atoms with Crippen molar-refractivity contribution >= 4 is 0 Å². The van der Waals surface area contributed by atoms with E-state index < -0.39 is 0 Å². The molecule has 0 radical (unpaired) electrons. The third kappa shape index (κ3) is 2.16. The van der Waals surface area contributed by atoms with Gasteiger partial charge in [-0.25, -0.2) is 0 Å². The summed E-state index contributed by atoms with van der Waals surface area (Å²) >= 11 is 0. The second-order valence-electron chi connectivity index (χ2n) is 4.22. The zero-order valence-electron chi connectivity index (χ0n) is 8.52. The summed E-state index contributed by atoms with van der Waals surface area (Å²) in [6.45, 7) is 0. The van der Waals surface area contributed by atoms with Gasteiger partial charge in [-0.1, -0.05) is 49.6 Å². The first-order valence-electron chi connectivity index (χ1n) is 5.61. The van der Waals surface area contributed by atoms with Crippen LogP contribution in [0.3, 0.4) is 0 Å². The van der Waals surface area contributed by atoms with Crippen molar-refractivity contribution in [2.75, 3.05) is 0 Å². The summed E-state index contributed by atoms with van der Waals surface area (Å²) in [7, 11) is 0. The van der Waals surface area contributed by atoms with Crippen LogP contribution in [0.25, 0.3) is 0 Å². The summed E-state index contributed by atoms with van der Waals surface area (Å²) < 4.78 is 0. The van der Waals surface area contributed by atoms with E-state index in [1.165, 1.54) is 24.8 Å². The third-order valence-electron chi connectivity index (χ3n) is 3.21. The van der Waals surface area contributed by atoms with E-state index >= 15 is 0 Å². The average molecular weight is 190 g/mol. The Morgan fingerprint density at radius 3 is 2.43 bits per heavy atom. The minimum absolute atomic E-state index is 0.125. The number of aliphatic hydroxyl groups is 1. The van der Waals surface area contributed by atoms with Crippen LogP contribution < -0.4 is 0 Å². The normalized spacial score (nSPS) is 28.4. The van der Waals surface area contributed by atoms with E-state index in [9.17, 15) is 5.11 Å². The number of benzene rings is 1. The van der Waals surface area contributed by atoms with E-state index in [1.54, 1.807) is 0 Å². The Morgan fingerprint density at radius 1 is 0.929 bits per heavy atom. The fraction of sp³-hybridized carbons (Fsp3) is 0.538. The van der Waals surface area contributed by atoms with Crippen LogP contribution in [-0.4, -0.2) is 11.2 Å². The summed E-state index contributed by atoms with van der Waals surface area (Å²) in [6.07, 6.45) is 5.71. The molecule has 14 heavy (non-hydrogen) atoms. The van der Waals surface area contributed by atoms with Crippen molar-refractivity contribution in [3.05, 3.63) is 35.9 Å². The van der Waals surface area contributed by atoms with Crippen molar-refractivity contribution in [1.82, 2.24) is 0 Å². The second-order valence-corrected chi connectivity index (χ2v) is 4.22. The van der Waals surface area contributed by atoms with E-state index in [0.29, 0.717) is 5.92 Å². The summed E-state index contributed by atoms with van der Waals surface area (Å²) in [6, 6.07) is 10.4. The quantitative estimate of drug-likeness (QED) is 0.675.